The first-order valence-electron chi connectivity index (χ1n) is 5.73. The molecule has 0 amide bonds. The van der Waals surface area contributed by atoms with E-state index in [4.69, 9.17) is 28.9 Å². The largest absolute Gasteiger partial charge is 0.425 e. The van der Waals surface area contributed by atoms with E-state index in [2.05, 4.69) is 19.4 Å². The third-order valence-electron chi connectivity index (χ3n) is 2.25. The molecule has 0 aromatic carbocycles. The average Bonchev–Trinajstić information content (AvgIpc) is 2.48. The summed E-state index contributed by atoms with van der Waals surface area (Å²) in [5.74, 6) is 0.526. The molecule has 0 spiro atoms. The number of aryl methyl sites for hydroxylation is 1. The van der Waals surface area contributed by atoms with Crippen LogP contribution in [0.25, 0.3) is 0 Å². The summed E-state index contributed by atoms with van der Waals surface area (Å²) in [6.45, 7) is 2.29. The van der Waals surface area contributed by atoms with E-state index in [0.29, 0.717) is 22.9 Å². The normalized spacial score (nSPS) is 8.83. The van der Waals surface area contributed by atoms with E-state index in [1.807, 2.05) is 0 Å². The Morgan fingerprint density at radius 2 is 1.48 bits per heavy atom. The standard InChI is InChI=1S/C7H6ClNO2.C6H5ClN2O2.CH4/c1-5-7(11-4-10)6(8)2-3-9-5;7-4-1-2-9-6(8)5(4)11-3-10;/h2-4H,1H3;1-3H,(H2,8,9);1H4. The molecular weight excluding hydrogens is 345 g/mol. The fourth-order valence-corrected chi connectivity index (χ4v) is 1.75. The van der Waals surface area contributed by atoms with Gasteiger partial charge in [0.05, 0.1) is 15.7 Å². The second-order valence-electron chi connectivity index (χ2n) is 3.64. The summed E-state index contributed by atoms with van der Waals surface area (Å²) in [4.78, 5) is 27.4. The van der Waals surface area contributed by atoms with Crippen LogP contribution in [-0.4, -0.2) is 22.9 Å². The third-order valence-corrected chi connectivity index (χ3v) is 2.85. The van der Waals surface area contributed by atoms with Crippen molar-refractivity contribution < 1.29 is 19.1 Å². The lowest BCUT2D eigenvalue weighted by Crippen LogP contribution is -1.97. The Morgan fingerprint density at radius 3 is 1.96 bits per heavy atom. The van der Waals surface area contributed by atoms with Crippen molar-refractivity contribution in [3.8, 4) is 11.5 Å². The molecule has 0 aliphatic rings. The van der Waals surface area contributed by atoms with Gasteiger partial charge in [-0.3, -0.25) is 14.6 Å². The highest BCUT2D eigenvalue weighted by atomic mass is 35.5. The molecule has 0 unspecified atom stereocenters. The maximum atomic E-state index is 9.97. The number of aromatic nitrogens is 2. The van der Waals surface area contributed by atoms with Gasteiger partial charge in [-0.1, -0.05) is 30.6 Å². The maximum absolute atomic E-state index is 9.97. The fourth-order valence-electron chi connectivity index (χ4n) is 1.32. The number of halogens is 2. The molecule has 0 aliphatic carbocycles. The van der Waals surface area contributed by atoms with Crippen molar-refractivity contribution in [2.75, 3.05) is 5.73 Å². The number of nitrogens with zero attached hydrogens (tertiary/aromatic N) is 2. The minimum absolute atomic E-state index is 0. The van der Waals surface area contributed by atoms with Crippen LogP contribution in [0, 0.1) is 6.92 Å². The number of anilines is 1. The average molecular weight is 360 g/mol. The molecular formula is C14H15Cl2N3O4. The molecule has 124 valence electrons. The van der Waals surface area contributed by atoms with Gasteiger partial charge in [0.15, 0.2) is 17.3 Å². The van der Waals surface area contributed by atoms with Gasteiger partial charge >= 0.3 is 0 Å². The first-order valence-corrected chi connectivity index (χ1v) is 6.48. The predicted octanol–water partition coefficient (Wildman–Crippen LogP) is 3.07. The lowest BCUT2D eigenvalue weighted by atomic mass is 10.3. The van der Waals surface area contributed by atoms with E-state index in [1.165, 1.54) is 12.3 Å². The van der Waals surface area contributed by atoms with Gasteiger partial charge in [-0.2, -0.15) is 0 Å². The van der Waals surface area contributed by atoms with Crippen LogP contribution in [0.3, 0.4) is 0 Å². The van der Waals surface area contributed by atoms with Crippen molar-refractivity contribution in [1.82, 2.24) is 9.97 Å². The van der Waals surface area contributed by atoms with E-state index in [1.54, 1.807) is 19.2 Å². The van der Waals surface area contributed by atoms with Gasteiger partial charge in [0.2, 0.25) is 0 Å². The van der Waals surface area contributed by atoms with Gasteiger partial charge in [-0.05, 0) is 19.1 Å². The number of hydrogen-bond donors (Lipinski definition) is 1. The molecule has 23 heavy (non-hydrogen) atoms. The number of ether oxygens (including phenoxy) is 2. The number of hydrogen-bond acceptors (Lipinski definition) is 7. The minimum Gasteiger partial charge on any atom is -0.425 e. The predicted molar refractivity (Wildman–Crippen MR) is 87.8 cm³/mol. The highest BCUT2D eigenvalue weighted by Gasteiger charge is 2.05. The van der Waals surface area contributed by atoms with Crippen LogP contribution < -0.4 is 15.2 Å². The van der Waals surface area contributed by atoms with E-state index < -0.39 is 0 Å². The van der Waals surface area contributed by atoms with Crippen molar-refractivity contribution in [3.63, 3.8) is 0 Å². The third kappa shape index (κ3) is 6.09. The Bertz CT molecular complexity index is 570. The Balaban J connectivity index is 0.000000403. The smallest absolute Gasteiger partial charge is 0.298 e. The minimum atomic E-state index is 0. The number of nitrogen functional groups attached to an aromatic ring is 1. The van der Waals surface area contributed by atoms with Gasteiger partial charge in [0.1, 0.15) is 0 Å². The van der Waals surface area contributed by atoms with E-state index in [9.17, 15) is 9.59 Å². The highest BCUT2D eigenvalue weighted by Crippen LogP contribution is 2.27. The van der Waals surface area contributed by atoms with Crippen LogP contribution in [0.1, 0.15) is 13.1 Å². The van der Waals surface area contributed by atoms with E-state index in [-0.39, 0.29) is 30.5 Å². The summed E-state index contributed by atoms with van der Waals surface area (Å²) < 4.78 is 9.06. The molecule has 2 aromatic heterocycles. The van der Waals surface area contributed by atoms with Crippen LogP contribution >= 0.6 is 23.2 Å². The molecule has 2 heterocycles. The molecule has 0 fully saturated rings. The summed E-state index contributed by atoms with van der Waals surface area (Å²) in [6, 6.07) is 3.05. The van der Waals surface area contributed by atoms with Gasteiger partial charge < -0.3 is 15.2 Å². The topological polar surface area (TPSA) is 104 Å². The molecule has 0 radical (unpaired) electrons. The lowest BCUT2D eigenvalue weighted by molar-refractivity contribution is -0.121. The highest BCUT2D eigenvalue weighted by molar-refractivity contribution is 6.32. The second-order valence-corrected chi connectivity index (χ2v) is 4.46. The zero-order valence-electron chi connectivity index (χ0n) is 11.3. The number of carbonyl (C=O) groups is 2. The van der Waals surface area contributed by atoms with E-state index >= 15 is 0 Å². The summed E-state index contributed by atoms with van der Waals surface area (Å²) in [5, 5.41) is 0.661. The second kappa shape index (κ2) is 10.4. The Hall–Kier alpha value is -2.38. The zero-order valence-corrected chi connectivity index (χ0v) is 12.8. The first kappa shape index (κ1) is 20.6. The van der Waals surface area contributed by atoms with Crippen LogP contribution in [0.4, 0.5) is 5.82 Å². The Kier molecular flexibility index (Phi) is 9.29. The van der Waals surface area contributed by atoms with Gasteiger partial charge in [-0.15, -0.1) is 0 Å². The van der Waals surface area contributed by atoms with Crippen LogP contribution in [-0.2, 0) is 9.59 Å². The fraction of sp³-hybridized carbons (Fsp3) is 0.143. The summed E-state index contributed by atoms with van der Waals surface area (Å²) >= 11 is 11.3. The molecule has 0 saturated carbocycles. The van der Waals surface area contributed by atoms with Crippen molar-refractivity contribution in [2.24, 2.45) is 0 Å². The van der Waals surface area contributed by atoms with Crippen molar-refractivity contribution in [3.05, 3.63) is 40.3 Å². The van der Waals surface area contributed by atoms with Gasteiger partial charge in [0.25, 0.3) is 12.9 Å². The van der Waals surface area contributed by atoms with Crippen LogP contribution in [0.15, 0.2) is 24.5 Å². The molecule has 2 aromatic rings. The zero-order chi connectivity index (χ0) is 16.5. The number of pyridine rings is 2. The molecule has 0 atom stereocenters. The SMILES string of the molecule is C.Cc1nccc(Cl)c1OC=O.Nc1nccc(Cl)c1OC=O. The number of rotatable bonds is 4. The molecule has 9 heteroatoms. The number of nitrogens with two attached hydrogens (primary N) is 1. The lowest BCUT2D eigenvalue weighted by Gasteiger charge is -2.02. The first-order chi connectivity index (χ1) is 10.5. The van der Waals surface area contributed by atoms with Crippen LogP contribution in [0.2, 0.25) is 10.0 Å². The maximum Gasteiger partial charge on any atom is 0.298 e. The molecule has 7 nitrogen and oxygen atoms in total. The molecule has 0 aliphatic heterocycles. The molecule has 2 rings (SSSR count). The Morgan fingerprint density at radius 1 is 1.00 bits per heavy atom. The molecule has 0 bridgehead atoms. The van der Waals surface area contributed by atoms with E-state index in [0.717, 1.165) is 0 Å². The Labute approximate surface area is 143 Å². The summed E-state index contributed by atoms with van der Waals surface area (Å²) in [5.41, 5.74) is 5.93. The van der Waals surface area contributed by atoms with Gasteiger partial charge in [-0.25, -0.2) is 4.98 Å². The van der Waals surface area contributed by atoms with Crippen molar-refractivity contribution in [2.45, 2.75) is 14.4 Å². The molecule has 0 saturated heterocycles. The quantitative estimate of drug-likeness (QED) is 0.836. The summed E-state index contributed by atoms with van der Waals surface area (Å²) in [6.07, 6.45) is 2.98. The van der Waals surface area contributed by atoms with Gasteiger partial charge in [0, 0.05) is 12.4 Å². The monoisotopic (exact) mass is 359 g/mol. The number of carbonyl (C=O) groups excluding carboxylic acids is 2. The molecule has 2 N–H and O–H groups in total. The van der Waals surface area contributed by atoms with Crippen LogP contribution in [0.5, 0.6) is 11.5 Å². The van der Waals surface area contributed by atoms with Crippen molar-refractivity contribution in [1.29, 1.82) is 0 Å². The van der Waals surface area contributed by atoms with Crippen molar-refractivity contribution >= 4 is 42.0 Å². The summed E-state index contributed by atoms with van der Waals surface area (Å²) in [7, 11) is 0.